The first-order chi connectivity index (χ1) is 5.77. The van der Waals surface area contributed by atoms with Gasteiger partial charge in [-0.3, -0.25) is 4.79 Å². The number of nitrogens with two attached hydrogens (primary N) is 1. The smallest absolute Gasteiger partial charge is 0.203 e. The Bertz CT molecular complexity index is 286. The largest absolute Gasteiger partial charge is 0.326 e. The molecule has 0 aliphatic rings. The Hall–Kier alpha value is -1.22. The lowest BCUT2D eigenvalue weighted by molar-refractivity contribution is 0.554. The minimum absolute atomic E-state index is 0.127. The third-order valence-electron chi connectivity index (χ3n) is 1.61. The fourth-order valence-electron chi connectivity index (χ4n) is 0.950. The topological polar surface area (TPSA) is 43.1 Å². The van der Waals surface area contributed by atoms with E-state index in [0.29, 0.717) is 11.1 Å². The molecule has 0 saturated carbocycles. The molecule has 0 aliphatic heterocycles. The average Bonchev–Trinajstić information content (AvgIpc) is 2.05. The minimum Gasteiger partial charge on any atom is -0.326 e. The van der Waals surface area contributed by atoms with Crippen molar-refractivity contribution < 1.29 is 9.18 Å². The molecule has 0 aliphatic carbocycles. The van der Waals surface area contributed by atoms with Gasteiger partial charge in [0.2, 0.25) is 6.29 Å². The molecule has 12 heavy (non-hydrogen) atoms. The van der Waals surface area contributed by atoms with Crippen LogP contribution in [-0.2, 0) is 17.8 Å². The summed E-state index contributed by atoms with van der Waals surface area (Å²) in [4.78, 5) is 9.97. The van der Waals surface area contributed by atoms with Gasteiger partial charge in [0.1, 0.15) is 5.82 Å². The first-order valence-electron chi connectivity index (χ1n) is 3.60. The van der Waals surface area contributed by atoms with Gasteiger partial charge in [-0.1, -0.05) is 12.1 Å². The van der Waals surface area contributed by atoms with E-state index in [-0.39, 0.29) is 18.8 Å². The zero-order valence-electron chi connectivity index (χ0n) is 6.51. The van der Waals surface area contributed by atoms with Gasteiger partial charge < -0.3 is 5.73 Å². The summed E-state index contributed by atoms with van der Waals surface area (Å²) >= 11 is 0. The van der Waals surface area contributed by atoms with Crippen LogP contribution in [0.3, 0.4) is 0 Å². The highest BCUT2D eigenvalue weighted by Gasteiger charge is 2.00. The van der Waals surface area contributed by atoms with Gasteiger partial charge in [-0.2, -0.15) is 0 Å². The molecule has 0 fully saturated rings. The van der Waals surface area contributed by atoms with Crippen LogP contribution in [0.25, 0.3) is 0 Å². The number of benzene rings is 1. The predicted molar refractivity (Wildman–Crippen MR) is 43.7 cm³/mol. The van der Waals surface area contributed by atoms with E-state index in [1.54, 1.807) is 18.4 Å². The molecule has 0 saturated heterocycles. The molecule has 1 aromatic carbocycles. The first-order valence-corrected chi connectivity index (χ1v) is 3.60. The molecule has 1 radical (unpaired) electrons. The molecule has 0 heterocycles. The average molecular weight is 166 g/mol. The zero-order chi connectivity index (χ0) is 8.97. The van der Waals surface area contributed by atoms with Crippen LogP contribution in [0.5, 0.6) is 0 Å². The maximum Gasteiger partial charge on any atom is 0.203 e. The van der Waals surface area contributed by atoms with Crippen molar-refractivity contribution in [3.05, 3.63) is 35.1 Å². The highest BCUT2D eigenvalue weighted by Crippen LogP contribution is 2.09. The van der Waals surface area contributed by atoms with E-state index in [1.807, 2.05) is 0 Å². The van der Waals surface area contributed by atoms with Gasteiger partial charge in [0.05, 0.1) is 0 Å². The summed E-state index contributed by atoms with van der Waals surface area (Å²) in [5, 5.41) is 0. The maximum atomic E-state index is 13.0. The summed E-state index contributed by atoms with van der Waals surface area (Å²) in [6.45, 7) is 0.177. The molecule has 2 nitrogen and oxygen atoms in total. The third-order valence-corrected chi connectivity index (χ3v) is 1.61. The fourth-order valence-corrected chi connectivity index (χ4v) is 0.950. The lowest BCUT2D eigenvalue weighted by Crippen LogP contribution is -2.00. The number of rotatable bonds is 3. The monoisotopic (exact) mass is 166 g/mol. The maximum absolute atomic E-state index is 13.0. The van der Waals surface area contributed by atoms with Crippen LogP contribution < -0.4 is 5.73 Å². The second kappa shape index (κ2) is 3.97. The van der Waals surface area contributed by atoms with Crippen molar-refractivity contribution in [2.45, 2.75) is 13.0 Å². The van der Waals surface area contributed by atoms with Crippen molar-refractivity contribution in [3.63, 3.8) is 0 Å². The Labute approximate surface area is 70.2 Å². The molecule has 0 unspecified atom stereocenters. The van der Waals surface area contributed by atoms with E-state index in [9.17, 15) is 9.18 Å². The first kappa shape index (κ1) is 8.87. The molecule has 2 N–H and O–H groups in total. The van der Waals surface area contributed by atoms with Gasteiger partial charge in [-0.25, -0.2) is 4.39 Å². The zero-order valence-corrected chi connectivity index (χ0v) is 6.51. The Morgan fingerprint density at radius 3 is 2.75 bits per heavy atom. The lowest BCUT2D eigenvalue weighted by Gasteiger charge is -2.00. The Morgan fingerprint density at radius 2 is 2.25 bits per heavy atom. The molecular weight excluding hydrogens is 157 g/mol. The Morgan fingerprint density at radius 1 is 1.50 bits per heavy atom. The van der Waals surface area contributed by atoms with Gasteiger partial charge in [0.25, 0.3) is 0 Å². The van der Waals surface area contributed by atoms with E-state index in [0.717, 1.165) is 0 Å². The second-order valence-corrected chi connectivity index (χ2v) is 2.45. The number of carbonyl (C=O) groups excluding carboxylic acids is 1. The summed E-state index contributed by atoms with van der Waals surface area (Å²) in [5.41, 5.74) is 6.34. The number of halogens is 1. The van der Waals surface area contributed by atoms with Gasteiger partial charge in [0.15, 0.2) is 0 Å². The lowest BCUT2D eigenvalue weighted by atomic mass is 10.1. The van der Waals surface area contributed by atoms with Crippen LogP contribution in [0, 0.1) is 5.82 Å². The van der Waals surface area contributed by atoms with Gasteiger partial charge in [-0.15, -0.1) is 0 Å². The minimum atomic E-state index is -0.356. The molecule has 1 aromatic rings. The number of hydrogen-bond acceptors (Lipinski definition) is 2. The summed E-state index contributed by atoms with van der Waals surface area (Å²) < 4.78 is 13.0. The summed E-state index contributed by atoms with van der Waals surface area (Å²) in [7, 11) is 0. The van der Waals surface area contributed by atoms with Crippen molar-refractivity contribution in [2.75, 3.05) is 0 Å². The summed E-state index contributed by atoms with van der Waals surface area (Å²) in [6, 6.07) is 4.57. The van der Waals surface area contributed by atoms with E-state index >= 15 is 0 Å². The predicted octanol–water partition coefficient (Wildman–Crippen LogP) is 0.937. The molecule has 63 valence electrons. The van der Waals surface area contributed by atoms with Crippen LogP contribution >= 0.6 is 0 Å². The fraction of sp³-hybridized carbons (Fsp3) is 0.222. The van der Waals surface area contributed by atoms with E-state index in [2.05, 4.69) is 0 Å². The summed E-state index contributed by atoms with van der Waals surface area (Å²) in [5.74, 6) is -0.356. The molecular formula is C9H9FNO. The van der Waals surface area contributed by atoms with Crippen LogP contribution in [-0.4, -0.2) is 6.29 Å². The second-order valence-electron chi connectivity index (χ2n) is 2.45. The van der Waals surface area contributed by atoms with Crippen LogP contribution in [0.15, 0.2) is 18.2 Å². The van der Waals surface area contributed by atoms with Crippen molar-refractivity contribution in [1.29, 1.82) is 0 Å². The number of hydrogen-bond donors (Lipinski definition) is 1. The molecule has 0 amide bonds. The SMILES string of the molecule is NCc1ccc(C[C]=O)cc1F. The van der Waals surface area contributed by atoms with Crippen LogP contribution in [0.4, 0.5) is 4.39 Å². The third kappa shape index (κ3) is 1.89. The van der Waals surface area contributed by atoms with Crippen molar-refractivity contribution in [3.8, 4) is 0 Å². The molecule has 0 bridgehead atoms. The van der Waals surface area contributed by atoms with E-state index in [1.165, 1.54) is 6.07 Å². The van der Waals surface area contributed by atoms with Gasteiger partial charge in [0, 0.05) is 18.5 Å². The van der Waals surface area contributed by atoms with Crippen LogP contribution in [0.1, 0.15) is 11.1 Å². The summed E-state index contributed by atoms with van der Waals surface area (Å²) in [6.07, 6.45) is 1.83. The Kier molecular flexibility index (Phi) is 2.94. The van der Waals surface area contributed by atoms with E-state index in [4.69, 9.17) is 5.73 Å². The van der Waals surface area contributed by atoms with Crippen molar-refractivity contribution >= 4 is 6.29 Å². The van der Waals surface area contributed by atoms with Gasteiger partial charge >= 0.3 is 0 Å². The van der Waals surface area contributed by atoms with Crippen molar-refractivity contribution in [1.82, 2.24) is 0 Å². The standard InChI is InChI=1S/C9H9FNO/c10-9-5-7(3-4-12)1-2-8(9)6-11/h1-2,5H,3,6,11H2. The Balaban J connectivity index is 2.93. The molecule has 1 rings (SSSR count). The highest BCUT2D eigenvalue weighted by atomic mass is 19.1. The quantitative estimate of drug-likeness (QED) is 0.726. The van der Waals surface area contributed by atoms with Crippen molar-refractivity contribution in [2.24, 2.45) is 5.73 Å². The van der Waals surface area contributed by atoms with E-state index < -0.39 is 0 Å². The van der Waals surface area contributed by atoms with Crippen LogP contribution in [0.2, 0.25) is 0 Å². The molecule has 3 heteroatoms. The molecule has 0 spiro atoms. The highest BCUT2D eigenvalue weighted by molar-refractivity contribution is 5.55. The normalized spacial score (nSPS) is 9.83. The molecule has 0 aromatic heterocycles. The van der Waals surface area contributed by atoms with Gasteiger partial charge in [-0.05, 0) is 11.6 Å². The molecule has 0 atom stereocenters.